The zero-order valence-corrected chi connectivity index (χ0v) is 14.5. The van der Waals surface area contributed by atoms with Crippen LogP contribution in [0.1, 0.15) is 59.1 Å². The summed E-state index contributed by atoms with van der Waals surface area (Å²) in [6.07, 6.45) is 2.28. The van der Waals surface area contributed by atoms with Crippen molar-refractivity contribution in [3.63, 3.8) is 0 Å². The first-order valence-electron chi connectivity index (χ1n) is 8.15. The molecule has 1 aromatic rings. The van der Waals surface area contributed by atoms with Crippen molar-refractivity contribution >= 4 is 5.69 Å². The summed E-state index contributed by atoms with van der Waals surface area (Å²) < 4.78 is 5.54. The first-order chi connectivity index (χ1) is 9.96. The van der Waals surface area contributed by atoms with Gasteiger partial charge in [0, 0.05) is 29.9 Å². The number of hydrogen-bond acceptors (Lipinski definition) is 3. The Hall–Kier alpha value is -1.22. The topological polar surface area (TPSA) is 38.5 Å². The summed E-state index contributed by atoms with van der Waals surface area (Å²) in [5.74, 6) is 1.50. The summed E-state index contributed by atoms with van der Waals surface area (Å²) >= 11 is 0. The average Bonchev–Trinajstić information content (AvgIpc) is 2.46. The number of benzene rings is 1. The third-order valence-electron chi connectivity index (χ3n) is 3.97. The van der Waals surface area contributed by atoms with Crippen LogP contribution in [0.3, 0.4) is 0 Å². The molecule has 0 fully saturated rings. The zero-order chi connectivity index (χ0) is 16.0. The van der Waals surface area contributed by atoms with Crippen molar-refractivity contribution < 1.29 is 4.74 Å². The highest BCUT2D eigenvalue weighted by atomic mass is 16.5. The first kappa shape index (κ1) is 17.8. The maximum atomic E-state index is 6.24. The summed E-state index contributed by atoms with van der Waals surface area (Å²) in [4.78, 5) is 2.52. The predicted octanol–water partition coefficient (Wildman–Crippen LogP) is 4.37. The molecular weight excluding hydrogens is 260 g/mol. The average molecular weight is 292 g/mol. The van der Waals surface area contributed by atoms with E-state index < -0.39 is 0 Å². The molecule has 1 aromatic carbocycles. The second kappa shape index (κ2) is 8.28. The fourth-order valence-electron chi connectivity index (χ4n) is 2.99. The maximum Gasteiger partial charge on any atom is 0.125 e. The van der Waals surface area contributed by atoms with Crippen molar-refractivity contribution in [2.75, 3.05) is 18.6 Å². The molecule has 0 saturated heterocycles. The van der Waals surface area contributed by atoms with Gasteiger partial charge in [-0.15, -0.1) is 0 Å². The van der Waals surface area contributed by atoms with Crippen LogP contribution in [-0.2, 0) is 0 Å². The van der Waals surface area contributed by atoms with Crippen molar-refractivity contribution in [1.82, 2.24) is 0 Å². The van der Waals surface area contributed by atoms with Gasteiger partial charge in [-0.2, -0.15) is 0 Å². The van der Waals surface area contributed by atoms with Gasteiger partial charge >= 0.3 is 0 Å². The van der Waals surface area contributed by atoms with Gasteiger partial charge in [-0.1, -0.05) is 33.8 Å². The quantitative estimate of drug-likeness (QED) is 0.773. The molecule has 0 aliphatic heterocycles. The molecule has 21 heavy (non-hydrogen) atoms. The molecule has 0 radical (unpaired) electrons. The normalized spacial score (nSPS) is 12.8. The van der Waals surface area contributed by atoms with E-state index in [-0.39, 0.29) is 6.04 Å². The molecule has 0 aromatic heterocycles. The van der Waals surface area contributed by atoms with Crippen LogP contribution in [-0.4, -0.2) is 19.7 Å². The first-order valence-corrected chi connectivity index (χ1v) is 8.15. The SMILES string of the molecule is CCC(CC)N(CC(C)C)c1cccc(OC)c1[C@@H](C)N. The number of ether oxygens (including phenoxy) is 1. The van der Waals surface area contributed by atoms with Crippen LogP contribution in [0.25, 0.3) is 0 Å². The van der Waals surface area contributed by atoms with E-state index in [0.717, 1.165) is 30.7 Å². The number of methoxy groups -OCH3 is 1. The van der Waals surface area contributed by atoms with Gasteiger partial charge in [0.15, 0.2) is 0 Å². The Morgan fingerprint density at radius 1 is 1.14 bits per heavy atom. The van der Waals surface area contributed by atoms with Gasteiger partial charge in [0.1, 0.15) is 5.75 Å². The molecule has 0 aliphatic carbocycles. The Balaban J connectivity index is 3.35. The highest BCUT2D eigenvalue weighted by molar-refractivity contribution is 5.61. The fourth-order valence-corrected chi connectivity index (χ4v) is 2.99. The van der Waals surface area contributed by atoms with Gasteiger partial charge in [0.2, 0.25) is 0 Å². The molecule has 0 heterocycles. The lowest BCUT2D eigenvalue weighted by Gasteiger charge is -2.36. The molecule has 3 heteroatoms. The summed E-state index contributed by atoms with van der Waals surface area (Å²) in [6.45, 7) is 12.1. The molecule has 0 spiro atoms. The third-order valence-corrected chi connectivity index (χ3v) is 3.97. The molecule has 0 amide bonds. The number of anilines is 1. The van der Waals surface area contributed by atoms with Gasteiger partial charge in [0.25, 0.3) is 0 Å². The van der Waals surface area contributed by atoms with Crippen molar-refractivity contribution in [1.29, 1.82) is 0 Å². The molecule has 0 saturated carbocycles. The number of hydrogen-bond donors (Lipinski definition) is 1. The van der Waals surface area contributed by atoms with Gasteiger partial charge in [-0.05, 0) is 37.8 Å². The Morgan fingerprint density at radius 3 is 2.19 bits per heavy atom. The van der Waals surface area contributed by atoms with Crippen molar-refractivity contribution in [2.45, 2.75) is 59.5 Å². The van der Waals surface area contributed by atoms with Crippen molar-refractivity contribution in [3.05, 3.63) is 23.8 Å². The van der Waals surface area contributed by atoms with E-state index in [1.165, 1.54) is 5.69 Å². The molecule has 2 N–H and O–H groups in total. The highest BCUT2D eigenvalue weighted by Crippen LogP contribution is 2.35. The third kappa shape index (κ3) is 4.37. The molecule has 0 aliphatic rings. The van der Waals surface area contributed by atoms with E-state index in [9.17, 15) is 0 Å². The van der Waals surface area contributed by atoms with Gasteiger partial charge in [-0.3, -0.25) is 0 Å². The summed E-state index contributed by atoms with van der Waals surface area (Å²) in [7, 11) is 1.72. The van der Waals surface area contributed by atoms with Crippen LogP contribution in [0.4, 0.5) is 5.69 Å². The van der Waals surface area contributed by atoms with Gasteiger partial charge in [-0.25, -0.2) is 0 Å². The minimum absolute atomic E-state index is 0.0415. The molecule has 0 bridgehead atoms. The van der Waals surface area contributed by atoms with E-state index in [0.29, 0.717) is 12.0 Å². The smallest absolute Gasteiger partial charge is 0.125 e. The Labute approximate surface area is 130 Å². The lowest BCUT2D eigenvalue weighted by Crippen LogP contribution is -2.38. The van der Waals surface area contributed by atoms with Crippen molar-refractivity contribution in [2.24, 2.45) is 11.7 Å². The summed E-state index contributed by atoms with van der Waals surface area (Å²) in [5.41, 5.74) is 8.58. The lowest BCUT2D eigenvalue weighted by molar-refractivity contribution is 0.406. The standard InChI is InChI=1S/C18H32N2O/c1-7-15(8-2)20(12-13(3)4)16-10-9-11-17(21-6)18(16)14(5)19/h9-11,13-15H,7-8,12,19H2,1-6H3/t14-/m1/s1. The van der Waals surface area contributed by atoms with E-state index in [2.05, 4.69) is 44.7 Å². The minimum Gasteiger partial charge on any atom is -0.496 e. The van der Waals surface area contributed by atoms with Crippen LogP contribution < -0.4 is 15.4 Å². The predicted molar refractivity (Wildman–Crippen MR) is 92.2 cm³/mol. The van der Waals surface area contributed by atoms with E-state index in [4.69, 9.17) is 10.5 Å². The lowest BCUT2D eigenvalue weighted by atomic mass is 10.00. The zero-order valence-electron chi connectivity index (χ0n) is 14.5. The molecule has 120 valence electrons. The molecule has 1 atom stereocenters. The summed E-state index contributed by atoms with van der Waals surface area (Å²) in [5, 5.41) is 0. The highest BCUT2D eigenvalue weighted by Gasteiger charge is 2.23. The minimum atomic E-state index is -0.0415. The van der Waals surface area contributed by atoms with Gasteiger partial charge < -0.3 is 15.4 Å². The molecule has 1 rings (SSSR count). The molecule has 3 nitrogen and oxygen atoms in total. The molecular formula is C18H32N2O. The number of nitrogens with two attached hydrogens (primary N) is 1. The van der Waals surface area contributed by atoms with Crippen LogP contribution >= 0.6 is 0 Å². The van der Waals surface area contributed by atoms with Crippen LogP contribution in [0, 0.1) is 5.92 Å². The maximum absolute atomic E-state index is 6.24. The Bertz CT molecular complexity index is 425. The fraction of sp³-hybridized carbons (Fsp3) is 0.667. The Kier molecular flexibility index (Phi) is 7.03. The number of rotatable bonds is 8. The second-order valence-electron chi connectivity index (χ2n) is 6.20. The number of nitrogens with zero attached hydrogens (tertiary/aromatic N) is 1. The largest absolute Gasteiger partial charge is 0.496 e. The molecule has 0 unspecified atom stereocenters. The van der Waals surface area contributed by atoms with Crippen LogP contribution in [0.15, 0.2) is 18.2 Å². The van der Waals surface area contributed by atoms with E-state index in [1.54, 1.807) is 7.11 Å². The van der Waals surface area contributed by atoms with E-state index in [1.807, 2.05) is 13.0 Å². The van der Waals surface area contributed by atoms with Crippen LogP contribution in [0.2, 0.25) is 0 Å². The van der Waals surface area contributed by atoms with Gasteiger partial charge in [0.05, 0.1) is 7.11 Å². The van der Waals surface area contributed by atoms with Crippen molar-refractivity contribution in [3.8, 4) is 5.75 Å². The van der Waals surface area contributed by atoms with E-state index >= 15 is 0 Å². The monoisotopic (exact) mass is 292 g/mol. The van der Waals surface area contributed by atoms with Crippen LogP contribution in [0.5, 0.6) is 5.75 Å². The second-order valence-corrected chi connectivity index (χ2v) is 6.20. The summed E-state index contributed by atoms with van der Waals surface area (Å²) in [6, 6.07) is 6.75. The Morgan fingerprint density at radius 2 is 1.76 bits per heavy atom.